The van der Waals surface area contributed by atoms with Gasteiger partial charge in [0.15, 0.2) is 0 Å². The summed E-state index contributed by atoms with van der Waals surface area (Å²) in [6.07, 6.45) is 1.87. The lowest BCUT2D eigenvalue weighted by Crippen LogP contribution is -2.41. The highest BCUT2D eigenvalue weighted by Crippen LogP contribution is 2.40. The molecule has 20 heavy (non-hydrogen) atoms. The largest absolute Gasteiger partial charge is 0.493 e. The summed E-state index contributed by atoms with van der Waals surface area (Å²) in [7, 11) is 0. The van der Waals surface area contributed by atoms with Crippen molar-refractivity contribution in [3.8, 4) is 5.75 Å². The maximum Gasteiger partial charge on any atom is 0.123 e. The SMILES string of the molecule is NCC1(Cc2ccc(Cl)cc2)CCOc2ccccc21. The first-order valence-corrected chi connectivity index (χ1v) is 7.28. The van der Waals surface area contributed by atoms with E-state index in [0.29, 0.717) is 6.54 Å². The van der Waals surface area contributed by atoms with Gasteiger partial charge in [-0.05, 0) is 36.6 Å². The second kappa shape index (κ2) is 5.47. The lowest BCUT2D eigenvalue weighted by Gasteiger charge is -2.38. The number of rotatable bonds is 3. The van der Waals surface area contributed by atoms with Gasteiger partial charge in [-0.15, -0.1) is 0 Å². The third-order valence-corrected chi connectivity index (χ3v) is 4.40. The van der Waals surface area contributed by atoms with Crippen LogP contribution in [0.1, 0.15) is 17.5 Å². The lowest BCUT2D eigenvalue weighted by molar-refractivity contribution is 0.215. The quantitative estimate of drug-likeness (QED) is 0.937. The minimum atomic E-state index is -0.0390. The molecule has 0 saturated heterocycles. The van der Waals surface area contributed by atoms with Crippen LogP contribution in [0.5, 0.6) is 5.75 Å². The van der Waals surface area contributed by atoms with Crippen LogP contribution in [0.4, 0.5) is 0 Å². The molecule has 1 aliphatic rings. The third kappa shape index (κ3) is 2.41. The van der Waals surface area contributed by atoms with Crippen molar-refractivity contribution in [3.63, 3.8) is 0 Å². The van der Waals surface area contributed by atoms with E-state index < -0.39 is 0 Å². The molecule has 0 aliphatic carbocycles. The number of para-hydroxylation sites is 1. The molecular weight excluding hydrogens is 270 g/mol. The number of hydrogen-bond donors (Lipinski definition) is 1. The number of benzene rings is 2. The minimum Gasteiger partial charge on any atom is -0.493 e. The fraction of sp³-hybridized carbons (Fsp3) is 0.294. The van der Waals surface area contributed by atoms with Crippen LogP contribution in [0.3, 0.4) is 0 Å². The Morgan fingerprint density at radius 2 is 1.85 bits per heavy atom. The Morgan fingerprint density at radius 3 is 2.60 bits per heavy atom. The van der Waals surface area contributed by atoms with Crippen LogP contribution in [0.2, 0.25) is 5.02 Å². The number of fused-ring (bicyclic) bond motifs is 1. The Kier molecular flexibility index (Phi) is 3.68. The molecule has 3 heteroatoms. The summed E-state index contributed by atoms with van der Waals surface area (Å²) in [5.41, 5.74) is 8.60. The Balaban J connectivity index is 1.98. The third-order valence-electron chi connectivity index (χ3n) is 4.14. The number of ether oxygens (including phenoxy) is 1. The van der Waals surface area contributed by atoms with E-state index in [2.05, 4.69) is 24.3 Å². The summed E-state index contributed by atoms with van der Waals surface area (Å²) < 4.78 is 5.76. The second-order valence-electron chi connectivity index (χ2n) is 5.38. The summed E-state index contributed by atoms with van der Waals surface area (Å²) in [4.78, 5) is 0. The number of hydrogen-bond acceptors (Lipinski definition) is 2. The zero-order chi connectivity index (χ0) is 14.0. The highest BCUT2D eigenvalue weighted by molar-refractivity contribution is 6.30. The molecule has 2 aromatic rings. The predicted molar refractivity (Wildman–Crippen MR) is 82.4 cm³/mol. The smallest absolute Gasteiger partial charge is 0.123 e. The van der Waals surface area contributed by atoms with E-state index in [0.717, 1.165) is 30.2 Å². The van der Waals surface area contributed by atoms with Gasteiger partial charge in [-0.2, -0.15) is 0 Å². The Hall–Kier alpha value is -1.51. The standard InChI is InChI=1S/C17H18ClNO/c18-14-7-5-13(6-8-14)11-17(12-19)9-10-20-16-4-2-1-3-15(16)17/h1-8H,9-12,19H2. The zero-order valence-electron chi connectivity index (χ0n) is 11.3. The molecule has 2 aromatic carbocycles. The normalized spacial score (nSPS) is 21.1. The maximum absolute atomic E-state index is 6.15. The van der Waals surface area contributed by atoms with Crippen LogP contribution in [-0.2, 0) is 11.8 Å². The molecule has 0 aromatic heterocycles. The van der Waals surface area contributed by atoms with Crippen LogP contribution >= 0.6 is 11.6 Å². The summed E-state index contributed by atoms with van der Waals surface area (Å²) in [5.74, 6) is 0.971. The molecule has 104 valence electrons. The van der Waals surface area contributed by atoms with E-state index in [-0.39, 0.29) is 5.41 Å². The monoisotopic (exact) mass is 287 g/mol. The van der Waals surface area contributed by atoms with Crippen molar-refractivity contribution in [2.75, 3.05) is 13.2 Å². The molecule has 0 fully saturated rings. The summed E-state index contributed by atoms with van der Waals surface area (Å²) in [6, 6.07) is 16.3. The predicted octanol–water partition coefficient (Wildman–Crippen LogP) is 3.56. The fourth-order valence-corrected chi connectivity index (χ4v) is 3.11. The number of halogens is 1. The lowest BCUT2D eigenvalue weighted by atomic mass is 9.72. The van der Waals surface area contributed by atoms with Gasteiger partial charge in [-0.1, -0.05) is 41.9 Å². The van der Waals surface area contributed by atoms with Crippen molar-refractivity contribution in [3.05, 3.63) is 64.7 Å². The van der Waals surface area contributed by atoms with Crippen LogP contribution in [0.15, 0.2) is 48.5 Å². The van der Waals surface area contributed by atoms with E-state index in [1.54, 1.807) is 0 Å². The summed E-state index contributed by atoms with van der Waals surface area (Å²) in [6.45, 7) is 1.35. The Bertz CT molecular complexity index is 596. The molecule has 0 bridgehead atoms. The van der Waals surface area contributed by atoms with Crippen LogP contribution in [-0.4, -0.2) is 13.2 Å². The van der Waals surface area contributed by atoms with Crippen LogP contribution in [0, 0.1) is 0 Å². The Labute approximate surface area is 124 Å². The van der Waals surface area contributed by atoms with Crippen molar-refractivity contribution >= 4 is 11.6 Å². The van der Waals surface area contributed by atoms with Gasteiger partial charge in [0.05, 0.1) is 6.61 Å². The van der Waals surface area contributed by atoms with Gasteiger partial charge in [-0.25, -0.2) is 0 Å². The van der Waals surface area contributed by atoms with Gasteiger partial charge in [0.25, 0.3) is 0 Å². The molecule has 0 amide bonds. The molecule has 1 aliphatic heterocycles. The molecule has 2 nitrogen and oxygen atoms in total. The minimum absolute atomic E-state index is 0.0390. The fourth-order valence-electron chi connectivity index (χ4n) is 2.98. The van der Waals surface area contributed by atoms with E-state index in [1.165, 1.54) is 11.1 Å². The number of nitrogens with two attached hydrogens (primary N) is 1. The van der Waals surface area contributed by atoms with Crippen LogP contribution in [0.25, 0.3) is 0 Å². The highest BCUT2D eigenvalue weighted by atomic mass is 35.5. The Morgan fingerprint density at radius 1 is 1.10 bits per heavy atom. The first kappa shape index (κ1) is 13.5. The topological polar surface area (TPSA) is 35.2 Å². The van der Waals surface area contributed by atoms with Crippen molar-refractivity contribution in [1.29, 1.82) is 0 Å². The van der Waals surface area contributed by atoms with Crippen LogP contribution < -0.4 is 10.5 Å². The first-order valence-electron chi connectivity index (χ1n) is 6.90. The van der Waals surface area contributed by atoms with Crippen molar-refractivity contribution in [2.24, 2.45) is 5.73 Å². The molecule has 0 radical (unpaired) electrons. The molecule has 0 spiro atoms. The van der Waals surface area contributed by atoms with Gasteiger partial charge in [0, 0.05) is 22.5 Å². The molecule has 1 heterocycles. The van der Waals surface area contributed by atoms with Gasteiger partial charge in [0.1, 0.15) is 5.75 Å². The molecule has 1 atom stereocenters. The van der Waals surface area contributed by atoms with Crippen molar-refractivity contribution in [2.45, 2.75) is 18.3 Å². The average molecular weight is 288 g/mol. The average Bonchev–Trinajstić information content (AvgIpc) is 2.50. The maximum atomic E-state index is 6.15. The van der Waals surface area contributed by atoms with E-state index in [9.17, 15) is 0 Å². The second-order valence-corrected chi connectivity index (χ2v) is 5.82. The molecule has 3 rings (SSSR count). The molecule has 2 N–H and O–H groups in total. The van der Waals surface area contributed by atoms with Crippen molar-refractivity contribution < 1.29 is 4.74 Å². The van der Waals surface area contributed by atoms with Gasteiger partial charge >= 0.3 is 0 Å². The van der Waals surface area contributed by atoms with E-state index >= 15 is 0 Å². The van der Waals surface area contributed by atoms with E-state index in [4.69, 9.17) is 22.1 Å². The van der Waals surface area contributed by atoms with E-state index in [1.807, 2.05) is 24.3 Å². The molecule has 1 unspecified atom stereocenters. The van der Waals surface area contributed by atoms with Gasteiger partial charge in [-0.3, -0.25) is 0 Å². The van der Waals surface area contributed by atoms with Gasteiger partial charge in [0.2, 0.25) is 0 Å². The first-order chi connectivity index (χ1) is 9.73. The zero-order valence-corrected chi connectivity index (χ0v) is 12.1. The highest BCUT2D eigenvalue weighted by Gasteiger charge is 2.36. The van der Waals surface area contributed by atoms with Gasteiger partial charge < -0.3 is 10.5 Å². The van der Waals surface area contributed by atoms with Crippen molar-refractivity contribution in [1.82, 2.24) is 0 Å². The molecule has 0 saturated carbocycles. The summed E-state index contributed by atoms with van der Waals surface area (Å²) >= 11 is 5.96. The summed E-state index contributed by atoms with van der Waals surface area (Å²) in [5, 5.41) is 0.767. The molecular formula is C17H18ClNO.